The second kappa shape index (κ2) is 9.80. The molecule has 8 nitrogen and oxygen atoms in total. The zero-order valence-corrected chi connectivity index (χ0v) is 17.3. The van der Waals surface area contributed by atoms with Crippen molar-refractivity contribution in [1.82, 2.24) is 14.8 Å². The van der Waals surface area contributed by atoms with Crippen LogP contribution >= 0.6 is 0 Å². The standard InChI is InChI=1S/C22H26N6O2/c1-16(23)14-17(2)25-19-7-5-18(6-8-19)21(29)27-10-12-28(13-11-27)22(30)26-20-4-3-9-24-15-20/h3-9,14-15,23,25H,10-13H2,1-2H3,(H,26,30)/p+1. The molecule has 1 aromatic heterocycles. The Morgan fingerprint density at radius 1 is 1.07 bits per heavy atom. The summed E-state index contributed by atoms with van der Waals surface area (Å²) >= 11 is 0. The Hall–Kier alpha value is -3.52. The lowest BCUT2D eigenvalue weighted by atomic mass is 10.1. The van der Waals surface area contributed by atoms with Gasteiger partial charge < -0.3 is 20.5 Å². The van der Waals surface area contributed by atoms with Gasteiger partial charge in [-0.15, -0.1) is 0 Å². The average molecular weight is 407 g/mol. The van der Waals surface area contributed by atoms with E-state index in [0.29, 0.717) is 43.1 Å². The molecule has 156 valence electrons. The molecule has 0 aliphatic carbocycles. The van der Waals surface area contributed by atoms with Gasteiger partial charge in [-0.3, -0.25) is 15.1 Å². The smallest absolute Gasteiger partial charge is 0.322 e. The van der Waals surface area contributed by atoms with E-state index in [-0.39, 0.29) is 11.9 Å². The number of hydrogen-bond donors (Lipinski definition) is 3. The maximum atomic E-state index is 12.8. The maximum Gasteiger partial charge on any atom is 0.322 e. The van der Waals surface area contributed by atoms with Gasteiger partial charge in [-0.2, -0.15) is 0 Å². The highest BCUT2D eigenvalue weighted by atomic mass is 16.2. The molecule has 0 radical (unpaired) electrons. The van der Waals surface area contributed by atoms with Gasteiger partial charge in [0.25, 0.3) is 5.91 Å². The SMILES string of the molecule is CC(=N)C=C(C)[NH2+]c1ccc(C(=O)N2CCN(C(=O)Nc3cccnc3)CC2)cc1. The minimum Gasteiger partial charge on any atom is -0.335 e. The van der Waals surface area contributed by atoms with Crippen LogP contribution in [-0.4, -0.2) is 58.6 Å². The zero-order chi connectivity index (χ0) is 21.5. The molecular formula is C22H27N6O2+. The number of nitrogens with two attached hydrogens (primary N) is 1. The van der Waals surface area contributed by atoms with Crippen molar-refractivity contribution in [3.8, 4) is 0 Å². The highest BCUT2D eigenvalue weighted by Crippen LogP contribution is 2.12. The first-order chi connectivity index (χ1) is 14.4. The fraction of sp³-hybridized carbons (Fsp3) is 0.273. The molecule has 2 aromatic rings. The lowest BCUT2D eigenvalue weighted by Crippen LogP contribution is -2.75. The number of benzene rings is 1. The van der Waals surface area contributed by atoms with Crippen molar-refractivity contribution in [2.45, 2.75) is 13.8 Å². The first-order valence-corrected chi connectivity index (χ1v) is 9.86. The fourth-order valence-corrected chi connectivity index (χ4v) is 3.30. The molecule has 1 aliphatic heterocycles. The summed E-state index contributed by atoms with van der Waals surface area (Å²) in [6.07, 6.45) is 5.05. The number of carbonyl (C=O) groups is 2. The fourth-order valence-electron chi connectivity index (χ4n) is 3.30. The van der Waals surface area contributed by atoms with Crippen molar-refractivity contribution in [2.75, 3.05) is 31.5 Å². The summed E-state index contributed by atoms with van der Waals surface area (Å²) in [6.45, 7) is 5.64. The van der Waals surface area contributed by atoms with Crippen molar-refractivity contribution in [2.24, 2.45) is 0 Å². The summed E-state index contributed by atoms with van der Waals surface area (Å²) in [5, 5.41) is 12.3. The molecule has 0 atom stereocenters. The van der Waals surface area contributed by atoms with Gasteiger partial charge in [0.2, 0.25) is 0 Å². The molecule has 0 bridgehead atoms. The number of anilines is 1. The third-order valence-corrected chi connectivity index (χ3v) is 4.76. The second-order valence-electron chi connectivity index (χ2n) is 7.29. The Labute approximate surface area is 176 Å². The molecule has 1 aliphatic rings. The largest absolute Gasteiger partial charge is 0.335 e. The molecule has 1 aromatic carbocycles. The first-order valence-electron chi connectivity index (χ1n) is 9.86. The summed E-state index contributed by atoms with van der Waals surface area (Å²) in [7, 11) is 0. The Kier molecular flexibility index (Phi) is 6.92. The van der Waals surface area contributed by atoms with Crippen molar-refractivity contribution in [3.05, 3.63) is 66.1 Å². The van der Waals surface area contributed by atoms with Crippen LogP contribution in [0.15, 0.2) is 60.6 Å². The number of quaternary nitrogens is 1. The van der Waals surface area contributed by atoms with Crippen LogP contribution < -0.4 is 10.6 Å². The highest BCUT2D eigenvalue weighted by Gasteiger charge is 2.25. The quantitative estimate of drug-likeness (QED) is 0.523. The molecule has 1 fully saturated rings. The molecule has 0 spiro atoms. The number of nitrogens with one attached hydrogen (secondary N) is 2. The number of nitrogens with zero attached hydrogens (tertiary/aromatic N) is 3. The summed E-state index contributed by atoms with van der Waals surface area (Å²) in [5.41, 5.74) is 3.76. The Bertz CT molecular complexity index is 932. The third-order valence-electron chi connectivity index (χ3n) is 4.76. The summed E-state index contributed by atoms with van der Waals surface area (Å²) in [4.78, 5) is 32.6. The molecule has 1 saturated heterocycles. The molecule has 4 N–H and O–H groups in total. The van der Waals surface area contributed by atoms with Crippen LogP contribution in [0.3, 0.4) is 0 Å². The molecule has 3 rings (SSSR count). The second-order valence-corrected chi connectivity index (χ2v) is 7.29. The lowest BCUT2D eigenvalue weighted by Gasteiger charge is -2.34. The van der Waals surface area contributed by atoms with Gasteiger partial charge in [0.05, 0.1) is 11.9 Å². The predicted octanol–water partition coefficient (Wildman–Crippen LogP) is 2.21. The van der Waals surface area contributed by atoms with E-state index < -0.39 is 0 Å². The monoisotopic (exact) mass is 407 g/mol. The van der Waals surface area contributed by atoms with Gasteiger partial charge in [-0.25, -0.2) is 4.79 Å². The van der Waals surface area contributed by atoms with Crippen LogP contribution in [0.1, 0.15) is 24.2 Å². The molecule has 3 amide bonds. The molecule has 0 unspecified atom stereocenters. The number of allylic oxidation sites excluding steroid dienone is 2. The van der Waals surface area contributed by atoms with Gasteiger partial charge in [0, 0.05) is 68.8 Å². The summed E-state index contributed by atoms with van der Waals surface area (Å²) in [5.74, 6) is -0.0310. The Balaban J connectivity index is 1.52. The topological polar surface area (TPSA) is 106 Å². The summed E-state index contributed by atoms with van der Waals surface area (Å²) < 4.78 is 0. The van der Waals surface area contributed by atoms with Gasteiger partial charge in [0.1, 0.15) is 11.4 Å². The van der Waals surface area contributed by atoms with Gasteiger partial charge >= 0.3 is 6.03 Å². The Morgan fingerprint density at radius 2 is 1.73 bits per heavy atom. The number of amides is 3. The number of piperazine rings is 1. The van der Waals surface area contributed by atoms with Crippen LogP contribution in [0.2, 0.25) is 0 Å². The van der Waals surface area contributed by atoms with E-state index in [1.165, 1.54) is 0 Å². The van der Waals surface area contributed by atoms with Crippen LogP contribution in [0.5, 0.6) is 0 Å². The van der Waals surface area contributed by atoms with Crippen LogP contribution in [-0.2, 0) is 0 Å². The zero-order valence-electron chi connectivity index (χ0n) is 17.3. The van der Waals surface area contributed by atoms with E-state index in [9.17, 15) is 9.59 Å². The Morgan fingerprint density at radius 3 is 2.33 bits per heavy atom. The normalized spacial score (nSPS) is 14.4. The maximum absolute atomic E-state index is 12.8. The van der Waals surface area contributed by atoms with E-state index in [2.05, 4.69) is 10.3 Å². The number of pyridine rings is 1. The number of urea groups is 1. The van der Waals surface area contributed by atoms with Crippen molar-refractivity contribution in [1.29, 1.82) is 5.41 Å². The minimum absolute atomic E-state index is 0.0310. The van der Waals surface area contributed by atoms with E-state index in [1.54, 1.807) is 47.3 Å². The van der Waals surface area contributed by atoms with Crippen molar-refractivity contribution in [3.63, 3.8) is 0 Å². The summed E-state index contributed by atoms with van der Waals surface area (Å²) in [6, 6.07) is 10.8. The van der Waals surface area contributed by atoms with Gasteiger partial charge in [-0.05, 0) is 31.2 Å². The lowest BCUT2D eigenvalue weighted by molar-refractivity contribution is -0.517. The molecule has 30 heavy (non-hydrogen) atoms. The third kappa shape index (κ3) is 5.74. The van der Waals surface area contributed by atoms with Crippen LogP contribution in [0.4, 0.5) is 16.2 Å². The number of hydrogen-bond acceptors (Lipinski definition) is 4. The number of rotatable bonds is 5. The van der Waals surface area contributed by atoms with Crippen molar-refractivity contribution >= 4 is 29.0 Å². The minimum atomic E-state index is -0.182. The number of carbonyl (C=O) groups excluding carboxylic acids is 2. The van der Waals surface area contributed by atoms with E-state index >= 15 is 0 Å². The van der Waals surface area contributed by atoms with Gasteiger partial charge in [0.15, 0.2) is 0 Å². The van der Waals surface area contributed by atoms with Crippen LogP contribution in [0.25, 0.3) is 0 Å². The van der Waals surface area contributed by atoms with E-state index in [0.717, 1.165) is 11.4 Å². The van der Waals surface area contributed by atoms with Crippen LogP contribution in [0, 0.1) is 5.41 Å². The molecule has 2 heterocycles. The first kappa shape index (κ1) is 21.2. The number of aromatic nitrogens is 1. The average Bonchev–Trinajstić information content (AvgIpc) is 2.74. The molecular weight excluding hydrogens is 380 g/mol. The molecule has 0 saturated carbocycles. The van der Waals surface area contributed by atoms with E-state index in [1.807, 2.05) is 36.5 Å². The van der Waals surface area contributed by atoms with Crippen molar-refractivity contribution < 1.29 is 14.9 Å². The highest BCUT2D eigenvalue weighted by molar-refractivity contribution is 5.95. The predicted molar refractivity (Wildman–Crippen MR) is 116 cm³/mol. The van der Waals surface area contributed by atoms with Gasteiger partial charge in [-0.1, -0.05) is 0 Å². The van der Waals surface area contributed by atoms with E-state index in [4.69, 9.17) is 5.41 Å². The molecule has 8 heteroatoms.